The Morgan fingerprint density at radius 2 is 0.852 bits per heavy atom. The van der Waals surface area contributed by atoms with Crippen LogP contribution in [-0.4, -0.2) is 4.57 Å². The normalized spacial score (nSPS) is 12.0. The van der Waals surface area contributed by atoms with Gasteiger partial charge in [0.05, 0.1) is 16.1 Å². The zero-order valence-electron chi connectivity index (χ0n) is 29.5. The van der Waals surface area contributed by atoms with E-state index >= 15 is 0 Å². The van der Waals surface area contributed by atoms with Gasteiger partial charge in [0.1, 0.15) is 5.82 Å². The Hall–Kier alpha value is -6.75. The fraction of sp³-hybridized carbons (Fsp3) is 0. The molecule has 0 radical (unpaired) electrons. The van der Waals surface area contributed by atoms with Gasteiger partial charge in [0.2, 0.25) is 0 Å². The summed E-state index contributed by atoms with van der Waals surface area (Å²) < 4.78 is 2.41. The quantitative estimate of drug-likeness (QED) is 0.163. The van der Waals surface area contributed by atoms with Gasteiger partial charge in [-0.25, -0.2) is 0 Å². The first-order valence-electron chi connectivity index (χ1n) is 18.3. The molecular weight excluding hydrogens is 675 g/mol. The highest BCUT2D eigenvalue weighted by molar-refractivity contribution is 8.00. The minimum Gasteiger partial charge on any atom is -0.310 e. The first-order valence-corrected chi connectivity index (χ1v) is 19.1. The number of hydrogen-bond acceptors (Lipinski definition) is 3. The van der Waals surface area contributed by atoms with E-state index < -0.39 is 0 Å². The molecule has 0 bridgehead atoms. The van der Waals surface area contributed by atoms with Crippen LogP contribution < -0.4 is 9.80 Å². The topological polar surface area (TPSA) is 11.4 Å². The Morgan fingerprint density at radius 3 is 1.43 bits per heavy atom. The predicted molar refractivity (Wildman–Crippen MR) is 228 cm³/mol. The van der Waals surface area contributed by atoms with Crippen LogP contribution in [0.5, 0.6) is 0 Å². The van der Waals surface area contributed by atoms with E-state index in [9.17, 15) is 0 Å². The van der Waals surface area contributed by atoms with Crippen molar-refractivity contribution < 1.29 is 0 Å². The molecule has 54 heavy (non-hydrogen) atoms. The number of fused-ring (bicyclic) bond motifs is 4. The summed E-state index contributed by atoms with van der Waals surface area (Å²) in [4.78, 5) is 7.26. The van der Waals surface area contributed by atoms with E-state index in [0.29, 0.717) is 0 Å². The van der Waals surface area contributed by atoms with E-state index in [-0.39, 0.29) is 0 Å². The minimum absolute atomic E-state index is 1.10. The van der Waals surface area contributed by atoms with Crippen molar-refractivity contribution in [2.75, 3.05) is 9.80 Å². The van der Waals surface area contributed by atoms with Gasteiger partial charge in [-0.1, -0.05) is 151 Å². The van der Waals surface area contributed by atoms with Crippen LogP contribution in [0.2, 0.25) is 0 Å². The second-order valence-corrected chi connectivity index (χ2v) is 14.5. The molecule has 0 amide bonds. The standard InChI is InChI=1S/C50H35N3S/c1-5-15-36(16-6-1)38-25-29-42(30-26-38)51(43-31-27-39(28-32-43)37-17-7-2-8-18-37)44-33-34-47-48(35-44)54-49-45-23-13-14-24-46(45)52(40-19-9-3-10-20-40)50(49)53(47)41-21-11-4-12-22-41/h1-35H. The van der Waals surface area contributed by atoms with E-state index in [4.69, 9.17) is 0 Å². The van der Waals surface area contributed by atoms with E-state index in [2.05, 4.69) is 227 Å². The van der Waals surface area contributed by atoms with Gasteiger partial charge in [-0.2, -0.15) is 0 Å². The molecule has 0 aliphatic carbocycles. The average molecular weight is 710 g/mol. The lowest BCUT2D eigenvalue weighted by atomic mass is 10.0. The van der Waals surface area contributed by atoms with Crippen LogP contribution >= 0.6 is 11.8 Å². The van der Waals surface area contributed by atoms with Gasteiger partial charge >= 0.3 is 0 Å². The lowest BCUT2D eigenvalue weighted by Crippen LogP contribution is -2.18. The summed E-state index contributed by atoms with van der Waals surface area (Å²) in [5.41, 5.74) is 12.7. The molecule has 0 spiro atoms. The largest absolute Gasteiger partial charge is 0.310 e. The number of nitrogens with zero attached hydrogens (tertiary/aromatic N) is 3. The maximum absolute atomic E-state index is 2.44. The van der Waals surface area contributed by atoms with Crippen molar-refractivity contribution in [3.63, 3.8) is 0 Å². The highest BCUT2D eigenvalue weighted by atomic mass is 32.2. The molecular formula is C50H35N3S. The second kappa shape index (κ2) is 13.7. The highest BCUT2D eigenvalue weighted by Crippen LogP contribution is 2.57. The third-order valence-corrected chi connectivity index (χ3v) is 11.3. The zero-order valence-corrected chi connectivity index (χ0v) is 30.3. The lowest BCUT2D eigenvalue weighted by Gasteiger charge is -2.34. The summed E-state index contributed by atoms with van der Waals surface area (Å²) in [7, 11) is 0. The Kier molecular flexibility index (Phi) is 8.08. The summed E-state index contributed by atoms with van der Waals surface area (Å²) in [6, 6.07) is 76.2. The van der Waals surface area contributed by atoms with Crippen LogP contribution in [0, 0.1) is 0 Å². The van der Waals surface area contributed by atoms with E-state index in [1.807, 2.05) is 11.8 Å². The molecule has 0 saturated heterocycles. The number of rotatable bonds is 7. The van der Waals surface area contributed by atoms with Crippen LogP contribution in [-0.2, 0) is 0 Å². The second-order valence-electron chi connectivity index (χ2n) is 13.4. The fourth-order valence-corrected chi connectivity index (χ4v) is 8.84. The third-order valence-electron chi connectivity index (χ3n) is 10.2. The minimum atomic E-state index is 1.10. The molecule has 9 aromatic rings. The number of aromatic nitrogens is 1. The van der Waals surface area contributed by atoms with Gasteiger partial charge in [-0.15, -0.1) is 0 Å². The highest BCUT2D eigenvalue weighted by Gasteiger charge is 2.32. The molecule has 1 aromatic heterocycles. The van der Waals surface area contributed by atoms with Crippen molar-refractivity contribution in [3.8, 4) is 27.9 Å². The van der Waals surface area contributed by atoms with Crippen molar-refractivity contribution in [3.05, 3.63) is 212 Å². The number of para-hydroxylation sites is 3. The molecule has 1 aliphatic rings. The van der Waals surface area contributed by atoms with Crippen LogP contribution in [0.1, 0.15) is 0 Å². The molecule has 10 rings (SSSR count). The van der Waals surface area contributed by atoms with Crippen molar-refractivity contribution in [2.45, 2.75) is 9.79 Å². The lowest BCUT2D eigenvalue weighted by molar-refractivity contribution is 1.03. The maximum Gasteiger partial charge on any atom is 0.137 e. The molecule has 2 heterocycles. The summed E-state index contributed by atoms with van der Waals surface area (Å²) in [5, 5.41) is 1.24. The average Bonchev–Trinajstić information content (AvgIpc) is 3.58. The van der Waals surface area contributed by atoms with Gasteiger partial charge in [0, 0.05) is 38.7 Å². The molecule has 256 valence electrons. The first kappa shape index (κ1) is 31.9. The number of anilines is 6. The van der Waals surface area contributed by atoms with Gasteiger partial charge < -0.3 is 4.90 Å². The van der Waals surface area contributed by atoms with Crippen LogP contribution in [0.15, 0.2) is 222 Å². The predicted octanol–water partition coefficient (Wildman–Crippen LogP) is 14.4. The van der Waals surface area contributed by atoms with Gasteiger partial charge in [0.25, 0.3) is 0 Å². The molecule has 0 atom stereocenters. The summed E-state index contributed by atoms with van der Waals surface area (Å²) in [6.07, 6.45) is 0. The van der Waals surface area contributed by atoms with Gasteiger partial charge in [-0.3, -0.25) is 9.47 Å². The summed E-state index contributed by atoms with van der Waals surface area (Å²) >= 11 is 1.86. The number of benzene rings is 8. The van der Waals surface area contributed by atoms with Gasteiger partial charge in [0.15, 0.2) is 0 Å². The Bertz CT molecular complexity index is 2620. The maximum atomic E-state index is 2.44. The molecule has 4 heteroatoms. The fourth-order valence-electron chi connectivity index (χ4n) is 7.62. The van der Waals surface area contributed by atoms with Crippen LogP contribution in [0.3, 0.4) is 0 Å². The molecule has 8 aromatic carbocycles. The van der Waals surface area contributed by atoms with Crippen molar-refractivity contribution in [1.29, 1.82) is 0 Å². The number of hydrogen-bond donors (Lipinski definition) is 0. The smallest absolute Gasteiger partial charge is 0.137 e. The van der Waals surface area contributed by atoms with Crippen LogP contribution in [0.25, 0.3) is 38.8 Å². The van der Waals surface area contributed by atoms with E-state index in [0.717, 1.165) is 39.9 Å². The first-order chi connectivity index (χ1) is 26.8. The molecule has 0 saturated carbocycles. The molecule has 0 N–H and O–H groups in total. The van der Waals surface area contributed by atoms with E-state index in [1.165, 1.54) is 42.9 Å². The van der Waals surface area contributed by atoms with Crippen LogP contribution in [0.4, 0.5) is 34.3 Å². The zero-order chi connectivity index (χ0) is 35.8. The van der Waals surface area contributed by atoms with Crippen molar-refractivity contribution >= 4 is 56.9 Å². The SMILES string of the molecule is c1ccc(-c2ccc(N(c3ccc(-c4ccccc4)cc3)c3ccc4c(c3)Sc3c(n(-c5ccccc5)c5ccccc35)N4c3ccccc3)cc2)cc1. The van der Waals surface area contributed by atoms with E-state index in [1.54, 1.807) is 0 Å². The molecule has 0 fully saturated rings. The van der Waals surface area contributed by atoms with Gasteiger partial charge in [-0.05, 0) is 95.1 Å². The third kappa shape index (κ3) is 5.65. The Morgan fingerprint density at radius 1 is 0.389 bits per heavy atom. The molecule has 0 unspecified atom stereocenters. The van der Waals surface area contributed by atoms with Crippen molar-refractivity contribution in [1.82, 2.24) is 4.57 Å². The summed E-state index contributed by atoms with van der Waals surface area (Å²) in [5.74, 6) is 1.16. The molecule has 3 nitrogen and oxygen atoms in total. The monoisotopic (exact) mass is 709 g/mol. The summed E-state index contributed by atoms with van der Waals surface area (Å²) in [6.45, 7) is 0. The Balaban J connectivity index is 1.14. The Labute approximate surface area is 320 Å². The van der Waals surface area contributed by atoms with Crippen molar-refractivity contribution in [2.24, 2.45) is 0 Å². The molecule has 1 aliphatic heterocycles.